The van der Waals surface area contributed by atoms with Gasteiger partial charge in [-0.25, -0.2) is 4.79 Å². The molecular weight excluding hydrogens is 220 g/mol. The van der Waals surface area contributed by atoms with Crippen molar-refractivity contribution in [1.29, 1.82) is 0 Å². The number of methoxy groups -OCH3 is 1. The summed E-state index contributed by atoms with van der Waals surface area (Å²) in [5.74, 6) is 0. The molecule has 1 fully saturated rings. The number of carbonyl (C=O) groups is 1. The highest BCUT2D eigenvalue weighted by atomic mass is 16.6. The minimum Gasteiger partial charge on any atom is -0.450 e. The highest BCUT2D eigenvalue weighted by Gasteiger charge is 2.21. The van der Waals surface area contributed by atoms with E-state index >= 15 is 0 Å². The zero-order valence-electron chi connectivity index (χ0n) is 11.6. The van der Waals surface area contributed by atoms with Crippen molar-refractivity contribution in [3.05, 3.63) is 0 Å². The number of piperazine rings is 1. The smallest absolute Gasteiger partial charge is 0.409 e. The topological polar surface area (TPSA) is 42.0 Å². The zero-order valence-corrected chi connectivity index (χ0v) is 11.6. The summed E-state index contributed by atoms with van der Waals surface area (Å²) in [4.78, 5) is 15.4. The predicted molar refractivity (Wildman–Crippen MR) is 68.3 cm³/mol. The second-order valence-electron chi connectivity index (χ2n) is 3.52. The van der Waals surface area contributed by atoms with Gasteiger partial charge >= 0.3 is 6.09 Å². The first-order valence-corrected chi connectivity index (χ1v) is 6.41. The average molecular weight is 246 g/mol. The maximum absolute atomic E-state index is 11.4. The Bertz CT molecular complexity index is 192. The molecule has 1 aliphatic heterocycles. The van der Waals surface area contributed by atoms with E-state index in [0.29, 0.717) is 6.61 Å². The van der Waals surface area contributed by atoms with Crippen molar-refractivity contribution in [2.75, 3.05) is 53.0 Å². The molecule has 0 atom stereocenters. The highest BCUT2D eigenvalue weighted by molar-refractivity contribution is 5.67. The number of hydrogen-bond acceptors (Lipinski definition) is 4. The summed E-state index contributed by atoms with van der Waals surface area (Å²) in [7, 11) is 1.70. The lowest BCUT2D eigenvalue weighted by Crippen LogP contribution is -2.49. The van der Waals surface area contributed by atoms with E-state index in [1.54, 1.807) is 12.0 Å². The fourth-order valence-corrected chi connectivity index (χ4v) is 1.59. The first-order valence-electron chi connectivity index (χ1n) is 6.41. The second-order valence-corrected chi connectivity index (χ2v) is 3.52. The van der Waals surface area contributed by atoms with Crippen LogP contribution in [-0.4, -0.2) is 68.9 Å². The van der Waals surface area contributed by atoms with Crippen LogP contribution in [0.4, 0.5) is 4.79 Å². The molecule has 0 aromatic carbocycles. The largest absolute Gasteiger partial charge is 0.450 e. The quantitative estimate of drug-likeness (QED) is 0.752. The Hall–Kier alpha value is -0.810. The van der Waals surface area contributed by atoms with Crippen LogP contribution >= 0.6 is 0 Å². The van der Waals surface area contributed by atoms with Gasteiger partial charge in [0.1, 0.15) is 0 Å². The fraction of sp³-hybridized carbons (Fsp3) is 0.917. The van der Waals surface area contributed by atoms with Crippen molar-refractivity contribution >= 4 is 6.09 Å². The number of ether oxygens (including phenoxy) is 2. The van der Waals surface area contributed by atoms with Gasteiger partial charge in [-0.1, -0.05) is 13.8 Å². The first-order chi connectivity index (χ1) is 8.27. The number of rotatable bonds is 4. The minimum absolute atomic E-state index is 0.191. The number of nitrogens with zero attached hydrogens (tertiary/aromatic N) is 2. The summed E-state index contributed by atoms with van der Waals surface area (Å²) < 4.78 is 9.95. The number of carbonyl (C=O) groups excluding carboxylic acids is 1. The van der Waals surface area contributed by atoms with Gasteiger partial charge in [0, 0.05) is 39.8 Å². The molecule has 5 heteroatoms. The van der Waals surface area contributed by atoms with Crippen molar-refractivity contribution in [3.8, 4) is 0 Å². The summed E-state index contributed by atoms with van der Waals surface area (Å²) in [5, 5.41) is 0. The van der Waals surface area contributed by atoms with E-state index in [1.807, 2.05) is 20.8 Å². The van der Waals surface area contributed by atoms with E-state index in [9.17, 15) is 4.79 Å². The van der Waals surface area contributed by atoms with E-state index < -0.39 is 0 Å². The van der Waals surface area contributed by atoms with Crippen LogP contribution in [0.2, 0.25) is 0 Å². The molecule has 1 rings (SSSR count). The Morgan fingerprint density at radius 1 is 1.18 bits per heavy atom. The van der Waals surface area contributed by atoms with E-state index in [1.165, 1.54) is 0 Å². The third-order valence-corrected chi connectivity index (χ3v) is 2.51. The van der Waals surface area contributed by atoms with Gasteiger partial charge in [0.2, 0.25) is 0 Å². The summed E-state index contributed by atoms with van der Waals surface area (Å²) >= 11 is 0. The number of amides is 1. The van der Waals surface area contributed by atoms with Gasteiger partial charge in [0.25, 0.3) is 0 Å². The van der Waals surface area contributed by atoms with Crippen LogP contribution in [0.15, 0.2) is 0 Å². The van der Waals surface area contributed by atoms with Crippen LogP contribution in [0.1, 0.15) is 20.8 Å². The fourth-order valence-electron chi connectivity index (χ4n) is 1.59. The molecule has 102 valence electrons. The predicted octanol–water partition coefficient (Wildman–Crippen LogP) is 1.43. The third-order valence-electron chi connectivity index (χ3n) is 2.51. The Morgan fingerprint density at radius 3 is 2.24 bits per heavy atom. The van der Waals surface area contributed by atoms with E-state index in [0.717, 1.165) is 39.3 Å². The maximum atomic E-state index is 11.4. The van der Waals surface area contributed by atoms with Gasteiger partial charge in [-0.2, -0.15) is 0 Å². The molecule has 1 saturated heterocycles. The SMILES string of the molecule is CC.CCOC(=O)N1CCN(CCOC)CC1. The van der Waals surface area contributed by atoms with Crippen molar-refractivity contribution < 1.29 is 14.3 Å². The average Bonchev–Trinajstić information content (AvgIpc) is 2.39. The van der Waals surface area contributed by atoms with Crippen LogP contribution in [0.5, 0.6) is 0 Å². The van der Waals surface area contributed by atoms with Gasteiger partial charge in [-0.3, -0.25) is 4.90 Å². The zero-order chi connectivity index (χ0) is 13.1. The highest BCUT2D eigenvalue weighted by Crippen LogP contribution is 2.03. The molecule has 0 unspecified atom stereocenters. The van der Waals surface area contributed by atoms with Gasteiger partial charge in [-0.05, 0) is 6.92 Å². The van der Waals surface area contributed by atoms with Gasteiger partial charge in [-0.15, -0.1) is 0 Å². The molecule has 5 nitrogen and oxygen atoms in total. The molecule has 0 spiro atoms. The normalized spacial score (nSPS) is 16.1. The molecule has 1 aliphatic rings. The summed E-state index contributed by atoms with van der Waals surface area (Å²) in [6.07, 6.45) is -0.191. The molecule has 0 aromatic rings. The standard InChI is InChI=1S/C10H20N2O3.C2H6/c1-3-15-10(13)12-6-4-11(5-7-12)8-9-14-2;1-2/h3-9H2,1-2H3;1-2H3. The van der Waals surface area contributed by atoms with Crippen LogP contribution in [0.3, 0.4) is 0 Å². The van der Waals surface area contributed by atoms with Crippen molar-refractivity contribution in [2.24, 2.45) is 0 Å². The lowest BCUT2D eigenvalue weighted by atomic mass is 10.3. The minimum atomic E-state index is -0.191. The summed E-state index contributed by atoms with van der Waals surface area (Å²) in [5.41, 5.74) is 0. The Balaban J connectivity index is 0.00000121. The van der Waals surface area contributed by atoms with Gasteiger partial charge < -0.3 is 14.4 Å². The van der Waals surface area contributed by atoms with Crippen LogP contribution in [-0.2, 0) is 9.47 Å². The van der Waals surface area contributed by atoms with E-state index in [2.05, 4.69) is 4.90 Å². The summed E-state index contributed by atoms with van der Waals surface area (Å²) in [6, 6.07) is 0. The van der Waals surface area contributed by atoms with Crippen LogP contribution in [0.25, 0.3) is 0 Å². The van der Waals surface area contributed by atoms with Gasteiger partial charge in [0.05, 0.1) is 13.2 Å². The van der Waals surface area contributed by atoms with Crippen LogP contribution in [0, 0.1) is 0 Å². The maximum Gasteiger partial charge on any atom is 0.409 e. The van der Waals surface area contributed by atoms with Gasteiger partial charge in [0.15, 0.2) is 0 Å². The Kier molecular flexibility index (Phi) is 9.86. The van der Waals surface area contributed by atoms with Crippen molar-refractivity contribution in [3.63, 3.8) is 0 Å². The van der Waals surface area contributed by atoms with E-state index in [4.69, 9.17) is 9.47 Å². The number of hydrogen-bond donors (Lipinski definition) is 0. The van der Waals surface area contributed by atoms with E-state index in [-0.39, 0.29) is 6.09 Å². The van der Waals surface area contributed by atoms with Crippen LogP contribution < -0.4 is 0 Å². The third kappa shape index (κ3) is 6.48. The molecule has 1 heterocycles. The monoisotopic (exact) mass is 246 g/mol. The lowest BCUT2D eigenvalue weighted by Gasteiger charge is -2.33. The van der Waals surface area contributed by atoms with Crippen molar-refractivity contribution in [1.82, 2.24) is 9.80 Å². The molecule has 0 N–H and O–H groups in total. The molecule has 0 saturated carbocycles. The molecule has 0 bridgehead atoms. The summed E-state index contributed by atoms with van der Waals surface area (Å²) in [6.45, 7) is 11.3. The Morgan fingerprint density at radius 2 is 1.76 bits per heavy atom. The lowest BCUT2D eigenvalue weighted by molar-refractivity contribution is 0.0699. The Labute approximate surface area is 105 Å². The molecule has 0 radical (unpaired) electrons. The second kappa shape index (κ2) is 10.4. The molecule has 0 aromatic heterocycles. The first kappa shape index (κ1) is 16.2. The molecule has 1 amide bonds. The molecule has 0 aliphatic carbocycles. The molecule has 17 heavy (non-hydrogen) atoms. The molecular formula is C12H26N2O3. The van der Waals surface area contributed by atoms with Crippen molar-refractivity contribution in [2.45, 2.75) is 20.8 Å².